The second kappa shape index (κ2) is 469. The van der Waals surface area contributed by atoms with Crippen molar-refractivity contribution in [3.05, 3.63) is 0 Å². The van der Waals surface area contributed by atoms with Crippen molar-refractivity contribution in [2.75, 3.05) is 0 Å². The van der Waals surface area contributed by atoms with E-state index in [1.54, 1.807) is 0 Å². The molecule has 0 aliphatic rings. The smallest absolute Gasteiger partial charge is 1.00 e. The topological polar surface area (TPSA) is 189 Å². The maximum atomic E-state index is 0. The first kappa shape index (κ1) is 609. The Morgan fingerprint density at radius 3 is 0.364 bits per heavy atom. The number of halogens is 4. The van der Waals surface area contributed by atoms with Gasteiger partial charge in [-0.15, -0.1) is 0 Å². The van der Waals surface area contributed by atoms with Crippen LogP contribution in [0.25, 0.3) is 0 Å². The summed E-state index contributed by atoms with van der Waals surface area (Å²) >= 11 is 0. The molecule has 0 amide bonds. The van der Waals surface area contributed by atoms with E-state index in [4.69, 9.17) is 0 Å². The van der Waals surface area contributed by atoms with Crippen LogP contribution in [0.3, 0.4) is 0 Å². The summed E-state index contributed by atoms with van der Waals surface area (Å²) in [7, 11) is 0. The molecule has 0 unspecified atom stereocenters. The van der Waals surface area contributed by atoms with E-state index in [-0.39, 0.29) is 106 Å². The van der Waals surface area contributed by atoms with Crippen LogP contribution in [0, 0.1) is 12.4 Å². The zero-order valence-electron chi connectivity index (χ0n) is 5.29. The Morgan fingerprint density at radius 2 is 0.364 bits per heavy atom. The van der Waals surface area contributed by atoms with Gasteiger partial charge in [0.15, 0.2) is 0 Å². The fourth-order valence-electron chi connectivity index (χ4n) is 0. The molecule has 0 aromatic carbocycles. The van der Waals surface area contributed by atoms with E-state index in [2.05, 4.69) is 0 Å². The Kier molecular flexibility index (Phi) is 26000. The predicted octanol–water partition coefficient (Wildman–Crippen LogP) is -14.9. The van der Waals surface area contributed by atoms with Crippen LogP contribution in [0.15, 0.2) is 0 Å². The van der Waals surface area contributed by atoms with Crippen molar-refractivity contribution in [2.45, 2.75) is 0 Å². The maximum absolute atomic E-state index is 0. The minimum absolute atomic E-state index is 0. The van der Waals surface area contributed by atoms with E-state index in [1.807, 2.05) is 0 Å². The molecule has 0 fully saturated rings. The van der Waals surface area contributed by atoms with Gasteiger partial charge in [-0.3, -0.25) is 0 Å². The van der Waals surface area contributed by atoms with E-state index in [0.29, 0.717) is 0 Å². The van der Waals surface area contributed by atoms with Crippen LogP contribution in [-0.4, -0.2) is 55.9 Å². The van der Waals surface area contributed by atoms with Crippen molar-refractivity contribution in [2.24, 2.45) is 0 Å². The second-order valence-corrected chi connectivity index (χ2v) is 0. The Balaban J connectivity index is 0. The molecular weight excluding hydrogens is 262 g/mol. The molecular formula is H14Cl4MgO6. The van der Waals surface area contributed by atoms with Crippen molar-refractivity contribution in [3.8, 4) is 0 Å². The largest absolute Gasteiger partial charge is 2.00 e. The van der Waals surface area contributed by atoms with Gasteiger partial charge in [0.05, 0.1) is 12.4 Å². The normalized spacial score (nSPS) is 0. The van der Waals surface area contributed by atoms with Crippen LogP contribution in [0.5, 0.6) is 0 Å². The van der Waals surface area contributed by atoms with Crippen molar-refractivity contribution in [1.29, 1.82) is 0 Å². The van der Waals surface area contributed by atoms with Gasteiger partial charge >= 0.3 is 23.1 Å². The summed E-state index contributed by atoms with van der Waals surface area (Å²) in [6, 6.07) is 0. The van der Waals surface area contributed by atoms with Gasteiger partial charge in [-0.1, -0.05) is 0 Å². The number of hydrogen-bond donors (Lipinski definition) is 0. The third-order valence-electron chi connectivity index (χ3n) is 0. The molecule has 0 radical (unpaired) electrons. The van der Waals surface area contributed by atoms with Crippen molar-refractivity contribution < 1.29 is 82.5 Å². The molecule has 0 aliphatic carbocycles. The van der Waals surface area contributed by atoms with Gasteiger partial charge in [-0.25, -0.2) is 0 Å². The van der Waals surface area contributed by atoms with Gasteiger partial charge < -0.3 is 70.1 Å². The summed E-state index contributed by atoms with van der Waals surface area (Å²) in [6.07, 6.45) is 0. The summed E-state index contributed by atoms with van der Waals surface area (Å²) in [5, 5.41) is 0. The summed E-state index contributed by atoms with van der Waals surface area (Å²) in [5.74, 6) is 0. The van der Waals surface area contributed by atoms with Crippen LogP contribution in [0.4, 0.5) is 0 Å². The fourth-order valence-corrected chi connectivity index (χ4v) is 0. The predicted molar refractivity (Wildman–Crippen MR) is 30.2 cm³/mol. The zero-order chi connectivity index (χ0) is 0. The molecule has 0 aliphatic heterocycles. The SMILES string of the molecule is O.O.O.O.O.O.[Cl-].[Cl-].[Cl-].[ClH2+].[Mg+2]. The third kappa shape index (κ3) is 386. The molecule has 0 aromatic heterocycles. The summed E-state index contributed by atoms with van der Waals surface area (Å²) in [5.41, 5.74) is 0. The van der Waals surface area contributed by atoms with Gasteiger partial charge in [0.2, 0.25) is 0 Å². The van der Waals surface area contributed by atoms with E-state index >= 15 is 0 Å². The Morgan fingerprint density at radius 1 is 0.364 bits per heavy atom. The molecule has 11 heavy (non-hydrogen) atoms. The Bertz CT molecular complexity index is 14.5. The minimum Gasteiger partial charge on any atom is -1.00 e. The first-order valence-electron chi connectivity index (χ1n) is 0. The van der Waals surface area contributed by atoms with Gasteiger partial charge in [0, 0.05) is 0 Å². The van der Waals surface area contributed by atoms with Gasteiger partial charge in [0.1, 0.15) is 0 Å². The molecule has 0 heterocycles. The first-order valence-corrected chi connectivity index (χ1v) is 0. The van der Waals surface area contributed by atoms with Crippen molar-refractivity contribution in [3.63, 3.8) is 0 Å². The average Bonchev–Trinajstić information content (AvgIpc) is 0. The molecule has 0 rings (SSSR count). The first-order chi connectivity index (χ1) is 0. The van der Waals surface area contributed by atoms with Crippen LogP contribution in [0.2, 0.25) is 0 Å². The zero-order valence-corrected chi connectivity index (χ0v) is 9.86. The van der Waals surface area contributed by atoms with Gasteiger partial charge in [0.25, 0.3) is 0 Å². The summed E-state index contributed by atoms with van der Waals surface area (Å²) in [4.78, 5) is 0. The van der Waals surface area contributed by atoms with Crippen molar-refractivity contribution >= 4 is 23.1 Å². The third-order valence-corrected chi connectivity index (χ3v) is 0. The van der Waals surface area contributed by atoms with Gasteiger partial charge in [-0.05, 0) is 0 Å². The van der Waals surface area contributed by atoms with Crippen LogP contribution in [-0.2, 0) is 0 Å². The quantitative estimate of drug-likeness (QED) is 0.380. The monoisotopic (exact) mass is 274 g/mol. The summed E-state index contributed by atoms with van der Waals surface area (Å²) < 4.78 is 0. The molecule has 11 heteroatoms. The summed E-state index contributed by atoms with van der Waals surface area (Å²) in [6.45, 7) is 0. The fraction of sp³-hybridized carbons (Fsp3) is 0. The number of hydrogen-bond acceptors (Lipinski definition) is 0. The average molecular weight is 276 g/mol. The van der Waals surface area contributed by atoms with Crippen LogP contribution >= 0.6 is 0 Å². The molecule has 0 aromatic rings. The Hall–Kier alpha value is 1.69. The molecule has 0 bridgehead atoms. The van der Waals surface area contributed by atoms with Crippen LogP contribution in [0.1, 0.15) is 0 Å². The standard InChI is InChI=1S/ClH2.3ClH.Mg.6H2O/h1H2;3*1H;;6*1H2/q+1;;;;+2;;;;;;/p-3. The minimum atomic E-state index is 0. The molecule has 0 atom stereocenters. The van der Waals surface area contributed by atoms with E-state index in [1.165, 1.54) is 0 Å². The van der Waals surface area contributed by atoms with E-state index in [0.717, 1.165) is 0 Å². The van der Waals surface area contributed by atoms with Gasteiger partial charge in [-0.2, -0.15) is 0 Å². The van der Waals surface area contributed by atoms with E-state index < -0.39 is 0 Å². The molecule has 0 spiro atoms. The molecule has 12 N–H and O–H groups in total. The molecule has 0 saturated heterocycles. The number of rotatable bonds is 0. The molecule has 0 saturated carbocycles. The molecule has 80 valence electrons. The van der Waals surface area contributed by atoms with E-state index in [9.17, 15) is 0 Å². The van der Waals surface area contributed by atoms with Crippen LogP contribution < -0.4 is 37.2 Å². The molecule has 6 nitrogen and oxygen atoms in total. The maximum Gasteiger partial charge on any atom is 2.00 e. The Labute approximate surface area is 105 Å². The second-order valence-electron chi connectivity index (χ2n) is 0. The van der Waals surface area contributed by atoms with Crippen molar-refractivity contribution in [1.82, 2.24) is 0 Å².